The molecule has 4 nitrogen and oxygen atoms in total. The van der Waals surface area contributed by atoms with Gasteiger partial charge in [0.1, 0.15) is 18.1 Å². The number of fused-ring (bicyclic) bond motifs is 5. The lowest BCUT2D eigenvalue weighted by Gasteiger charge is -2.30. The van der Waals surface area contributed by atoms with E-state index in [0.717, 1.165) is 53.3 Å². The van der Waals surface area contributed by atoms with Gasteiger partial charge in [-0.1, -0.05) is 40.9 Å². The highest BCUT2D eigenvalue weighted by atomic mass is 35.5. The number of ether oxygens (including phenoxy) is 1. The van der Waals surface area contributed by atoms with E-state index in [2.05, 4.69) is 4.90 Å². The van der Waals surface area contributed by atoms with E-state index >= 15 is 0 Å². The van der Waals surface area contributed by atoms with E-state index in [0.29, 0.717) is 46.2 Å². The van der Waals surface area contributed by atoms with E-state index in [-0.39, 0.29) is 5.63 Å². The molecule has 1 aromatic heterocycles. The molecule has 2 aromatic carbocycles. The summed E-state index contributed by atoms with van der Waals surface area (Å²) >= 11 is 18.9. The monoisotopic (exact) mass is 449 g/mol. The molecule has 0 spiro atoms. The van der Waals surface area contributed by atoms with Crippen LogP contribution in [0.2, 0.25) is 15.1 Å². The van der Waals surface area contributed by atoms with Crippen molar-refractivity contribution >= 4 is 45.8 Å². The number of hydrogen-bond donors (Lipinski definition) is 0. The van der Waals surface area contributed by atoms with Gasteiger partial charge in [0.15, 0.2) is 0 Å². The summed E-state index contributed by atoms with van der Waals surface area (Å²) in [6, 6.07) is 7.34. The summed E-state index contributed by atoms with van der Waals surface area (Å²) in [4.78, 5) is 14.7. The van der Waals surface area contributed by atoms with Crippen LogP contribution in [0.3, 0.4) is 0 Å². The number of hydrogen-bond acceptors (Lipinski definition) is 4. The Hall–Kier alpha value is -1.72. The SMILES string of the molecule is O=c1oc2c3c(c(Cl)cc2c2c1CCCC2)OCN(Cc1ccc(Cl)cc1Cl)C3. The summed E-state index contributed by atoms with van der Waals surface area (Å²) in [5, 5.41) is 2.69. The molecule has 0 saturated carbocycles. The zero-order valence-electron chi connectivity index (χ0n) is 15.6. The lowest BCUT2D eigenvalue weighted by molar-refractivity contribution is 0.0891. The second kappa shape index (κ2) is 7.51. The molecule has 0 N–H and O–H groups in total. The maximum Gasteiger partial charge on any atom is 0.339 e. The van der Waals surface area contributed by atoms with Crippen LogP contribution in [0.15, 0.2) is 33.5 Å². The number of benzene rings is 2. The standard InChI is InChI=1S/C22H18Cl3NO3/c23-13-6-5-12(18(24)7-13)9-26-10-17-20-16(8-19(25)21(17)28-11-26)14-3-1-2-4-15(14)22(27)29-20/h5-8H,1-4,9-11H2. The quantitative estimate of drug-likeness (QED) is 0.450. The first-order valence-corrected chi connectivity index (χ1v) is 10.7. The highest BCUT2D eigenvalue weighted by Gasteiger charge is 2.27. The van der Waals surface area contributed by atoms with Crippen LogP contribution >= 0.6 is 34.8 Å². The van der Waals surface area contributed by atoms with Crippen LogP contribution in [0.1, 0.15) is 35.1 Å². The molecular weight excluding hydrogens is 433 g/mol. The van der Waals surface area contributed by atoms with E-state index in [1.807, 2.05) is 18.2 Å². The first-order chi connectivity index (χ1) is 14.0. The topological polar surface area (TPSA) is 42.7 Å². The van der Waals surface area contributed by atoms with E-state index in [9.17, 15) is 4.79 Å². The van der Waals surface area contributed by atoms with Crippen LogP contribution in [-0.4, -0.2) is 11.6 Å². The minimum Gasteiger partial charge on any atom is -0.476 e. The molecule has 0 unspecified atom stereocenters. The van der Waals surface area contributed by atoms with Crippen molar-refractivity contribution in [2.45, 2.75) is 38.8 Å². The van der Waals surface area contributed by atoms with Gasteiger partial charge in [0, 0.05) is 34.1 Å². The number of aryl methyl sites for hydroxylation is 1. The predicted octanol–water partition coefficient (Wildman–Crippen LogP) is 5.98. The molecule has 1 aliphatic carbocycles. The fourth-order valence-corrected chi connectivity index (χ4v) is 5.05. The molecule has 2 heterocycles. The van der Waals surface area contributed by atoms with Crippen molar-refractivity contribution in [3.05, 3.63) is 72.0 Å². The zero-order valence-corrected chi connectivity index (χ0v) is 17.8. The third-order valence-electron chi connectivity index (χ3n) is 5.70. The molecule has 29 heavy (non-hydrogen) atoms. The van der Waals surface area contributed by atoms with Gasteiger partial charge >= 0.3 is 5.63 Å². The predicted molar refractivity (Wildman–Crippen MR) is 115 cm³/mol. The summed E-state index contributed by atoms with van der Waals surface area (Å²) < 4.78 is 11.7. The van der Waals surface area contributed by atoms with Crippen molar-refractivity contribution in [3.8, 4) is 5.75 Å². The molecule has 3 aromatic rings. The van der Waals surface area contributed by atoms with Crippen LogP contribution in [0.4, 0.5) is 0 Å². The second-order valence-corrected chi connectivity index (χ2v) is 8.84. The third-order valence-corrected chi connectivity index (χ3v) is 6.56. The maximum absolute atomic E-state index is 12.6. The number of rotatable bonds is 2. The van der Waals surface area contributed by atoms with Crippen molar-refractivity contribution in [1.82, 2.24) is 4.90 Å². The molecule has 0 atom stereocenters. The summed E-state index contributed by atoms with van der Waals surface area (Å²) in [5.74, 6) is 0.594. The Balaban J connectivity index is 1.58. The smallest absolute Gasteiger partial charge is 0.339 e. The van der Waals surface area contributed by atoms with Gasteiger partial charge in [-0.3, -0.25) is 4.90 Å². The van der Waals surface area contributed by atoms with Gasteiger partial charge in [-0.15, -0.1) is 0 Å². The highest BCUT2D eigenvalue weighted by molar-refractivity contribution is 6.35. The maximum atomic E-state index is 12.6. The Labute approximate surface area is 182 Å². The van der Waals surface area contributed by atoms with Gasteiger partial charge in [0.25, 0.3) is 0 Å². The fourth-order valence-electron chi connectivity index (χ4n) is 4.31. The molecule has 0 amide bonds. The summed E-state index contributed by atoms with van der Waals surface area (Å²) in [5.41, 5.74) is 3.98. The van der Waals surface area contributed by atoms with Crippen LogP contribution in [0.5, 0.6) is 5.75 Å². The normalized spacial score (nSPS) is 16.4. The van der Waals surface area contributed by atoms with Crippen molar-refractivity contribution in [1.29, 1.82) is 0 Å². The van der Waals surface area contributed by atoms with Crippen LogP contribution in [0, 0.1) is 0 Å². The van der Waals surface area contributed by atoms with Gasteiger partial charge in [-0.25, -0.2) is 4.79 Å². The molecule has 150 valence electrons. The average molecular weight is 451 g/mol. The minimum absolute atomic E-state index is 0.241. The molecule has 7 heteroatoms. The van der Waals surface area contributed by atoms with Gasteiger partial charge in [0.05, 0.1) is 10.6 Å². The van der Waals surface area contributed by atoms with Gasteiger partial charge in [-0.2, -0.15) is 0 Å². The van der Waals surface area contributed by atoms with Crippen molar-refractivity contribution in [3.63, 3.8) is 0 Å². The first kappa shape index (κ1) is 19.3. The zero-order chi connectivity index (χ0) is 20.1. The lowest BCUT2D eigenvalue weighted by Crippen LogP contribution is -2.32. The van der Waals surface area contributed by atoms with Crippen molar-refractivity contribution in [2.75, 3.05) is 6.73 Å². The third kappa shape index (κ3) is 3.42. The van der Waals surface area contributed by atoms with Crippen molar-refractivity contribution in [2.24, 2.45) is 0 Å². The number of halogens is 3. The summed E-state index contributed by atoms with van der Waals surface area (Å²) in [6.07, 6.45) is 3.72. The molecule has 5 rings (SSSR count). The van der Waals surface area contributed by atoms with E-state index in [1.54, 1.807) is 6.07 Å². The Kier molecular flexibility index (Phi) is 4.99. The summed E-state index contributed by atoms with van der Waals surface area (Å²) in [6.45, 7) is 1.50. The van der Waals surface area contributed by atoms with Gasteiger partial charge in [0.2, 0.25) is 0 Å². The van der Waals surface area contributed by atoms with Gasteiger partial charge in [-0.05, 0) is 55.0 Å². The van der Waals surface area contributed by atoms with Crippen molar-refractivity contribution < 1.29 is 9.15 Å². The first-order valence-electron chi connectivity index (χ1n) is 9.60. The van der Waals surface area contributed by atoms with E-state index in [1.165, 1.54) is 0 Å². The molecule has 1 aliphatic heterocycles. The molecule has 0 radical (unpaired) electrons. The fraction of sp³-hybridized carbons (Fsp3) is 0.318. The largest absolute Gasteiger partial charge is 0.476 e. The van der Waals surface area contributed by atoms with Gasteiger partial charge < -0.3 is 9.15 Å². The Morgan fingerprint density at radius 1 is 0.966 bits per heavy atom. The molecular formula is C22H18Cl3NO3. The number of nitrogens with zero attached hydrogens (tertiary/aromatic N) is 1. The average Bonchev–Trinajstić information content (AvgIpc) is 2.71. The Bertz CT molecular complexity index is 1190. The molecule has 0 fully saturated rings. The second-order valence-electron chi connectivity index (χ2n) is 7.59. The molecule has 0 saturated heterocycles. The van der Waals surface area contributed by atoms with E-state index < -0.39 is 0 Å². The van der Waals surface area contributed by atoms with Crippen LogP contribution in [0.25, 0.3) is 11.0 Å². The summed E-state index contributed by atoms with van der Waals surface area (Å²) in [7, 11) is 0. The Morgan fingerprint density at radius 2 is 1.76 bits per heavy atom. The van der Waals surface area contributed by atoms with Crippen LogP contribution < -0.4 is 10.4 Å². The molecule has 0 bridgehead atoms. The van der Waals surface area contributed by atoms with Crippen LogP contribution in [-0.2, 0) is 25.9 Å². The highest BCUT2D eigenvalue weighted by Crippen LogP contribution is 2.41. The Morgan fingerprint density at radius 3 is 2.55 bits per heavy atom. The minimum atomic E-state index is -0.241. The molecule has 2 aliphatic rings. The lowest BCUT2D eigenvalue weighted by atomic mass is 9.90. The van der Waals surface area contributed by atoms with E-state index in [4.69, 9.17) is 44.0 Å².